The number of para-hydroxylation sites is 1. The van der Waals surface area contributed by atoms with E-state index in [9.17, 15) is 0 Å². The Morgan fingerprint density at radius 1 is 1.17 bits per heavy atom. The van der Waals surface area contributed by atoms with E-state index in [4.69, 9.17) is 4.74 Å². The standard InChI is InChI=1S/C17H26O/c1-5-6-9-15(4)12-16-10-7-8-11-17(16)18-13-14(2)3/h6-11,14-15H,5,12-13H2,1-4H3/b9-6-. The molecular weight excluding hydrogens is 220 g/mol. The Hall–Kier alpha value is -1.24. The molecular formula is C17H26O. The second-order valence-electron chi connectivity index (χ2n) is 5.33. The summed E-state index contributed by atoms with van der Waals surface area (Å²) in [7, 11) is 0. The summed E-state index contributed by atoms with van der Waals surface area (Å²) in [5, 5.41) is 0. The van der Waals surface area contributed by atoms with E-state index >= 15 is 0 Å². The molecule has 1 unspecified atom stereocenters. The van der Waals surface area contributed by atoms with Gasteiger partial charge in [-0.05, 0) is 36.3 Å². The summed E-state index contributed by atoms with van der Waals surface area (Å²) in [6, 6.07) is 8.39. The van der Waals surface area contributed by atoms with Gasteiger partial charge in [-0.3, -0.25) is 0 Å². The highest BCUT2D eigenvalue weighted by Gasteiger charge is 2.07. The quantitative estimate of drug-likeness (QED) is 0.624. The lowest BCUT2D eigenvalue weighted by Crippen LogP contribution is -2.07. The number of hydrogen-bond acceptors (Lipinski definition) is 1. The predicted octanol–water partition coefficient (Wildman–Crippen LogP) is 4.87. The third kappa shape index (κ3) is 5.39. The predicted molar refractivity (Wildman–Crippen MR) is 79.1 cm³/mol. The van der Waals surface area contributed by atoms with Gasteiger partial charge in [0.1, 0.15) is 5.75 Å². The lowest BCUT2D eigenvalue weighted by Gasteiger charge is -2.14. The fourth-order valence-corrected chi connectivity index (χ4v) is 1.85. The third-order valence-corrected chi connectivity index (χ3v) is 2.79. The van der Waals surface area contributed by atoms with Gasteiger partial charge >= 0.3 is 0 Å². The molecule has 1 atom stereocenters. The van der Waals surface area contributed by atoms with Crippen molar-refractivity contribution < 1.29 is 4.74 Å². The Morgan fingerprint density at radius 2 is 1.89 bits per heavy atom. The highest BCUT2D eigenvalue weighted by atomic mass is 16.5. The maximum absolute atomic E-state index is 5.88. The topological polar surface area (TPSA) is 9.23 Å². The van der Waals surface area contributed by atoms with Gasteiger partial charge in [0.05, 0.1) is 6.61 Å². The van der Waals surface area contributed by atoms with E-state index in [0.29, 0.717) is 11.8 Å². The molecule has 0 bridgehead atoms. The van der Waals surface area contributed by atoms with Gasteiger partial charge in [0.25, 0.3) is 0 Å². The highest BCUT2D eigenvalue weighted by Crippen LogP contribution is 2.22. The molecule has 18 heavy (non-hydrogen) atoms. The molecule has 1 nitrogen and oxygen atoms in total. The van der Waals surface area contributed by atoms with Crippen LogP contribution in [-0.4, -0.2) is 6.61 Å². The van der Waals surface area contributed by atoms with E-state index in [1.807, 2.05) is 6.07 Å². The van der Waals surface area contributed by atoms with Crippen molar-refractivity contribution >= 4 is 0 Å². The molecule has 1 heteroatoms. The molecule has 100 valence electrons. The Bertz CT molecular complexity index is 366. The van der Waals surface area contributed by atoms with Crippen LogP contribution in [0.5, 0.6) is 5.75 Å². The SMILES string of the molecule is CC/C=C\C(C)Cc1ccccc1OCC(C)C. The summed E-state index contributed by atoms with van der Waals surface area (Å²) >= 11 is 0. The highest BCUT2D eigenvalue weighted by molar-refractivity contribution is 5.34. The van der Waals surface area contributed by atoms with Gasteiger partial charge < -0.3 is 4.74 Å². The molecule has 0 aromatic heterocycles. The van der Waals surface area contributed by atoms with Crippen LogP contribution in [0.15, 0.2) is 36.4 Å². The van der Waals surface area contributed by atoms with Gasteiger partial charge in [0.2, 0.25) is 0 Å². The van der Waals surface area contributed by atoms with Crippen molar-refractivity contribution in [3.05, 3.63) is 42.0 Å². The second kappa shape index (κ2) is 7.97. The summed E-state index contributed by atoms with van der Waals surface area (Å²) in [4.78, 5) is 0. The van der Waals surface area contributed by atoms with Crippen LogP contribution in [0.3, 0.4) is 0 Å². The van der Waals surface area contributed by atoms with Crippen LogP contribution in [-0.2, 0) is 6.42 Å². The minimum absolute atomic E-state index is 0.564. The molecule has 0 amide bonds. The Morgan fingerprint density at radius 3 is 2.56 bits per heavy atom. The molecule has 0 heterocycles. The summed E-state index contributed by atoms with van der Waals surface area (Å²) in [6.07, 6.45) is 6.68. The molecule has 0 saturated heterocycles. The Kier molecular flexibility index (Phi) is 6.56. The van der Waals surface area contributed by atoms with Crippen molar-refractivity contribution in [3.63, 3.8) is 0 Å². The van der Waals surface area contributed by atoms with E-state index in [2.05, 4.69) is 58.0 Å². The molecule has 1 aromatic rings. The number of allylic oxidation sites excluding steroid dienone is 2. The molecule has 0 saturated carbocycles. The van der Waals surface area contributed by atoms with E-state index < -0.39 is 0 Å². The van der Waals surface area contributed by atoms with Gasteiger partial charge in [-0.25, -0.2) is 0 Å². The number of hydrogen-bond donors (Lipinski definition) is 0. The lowest BCUT2D eigenvalue weighted by molar-refractivity contribution is 0.268. The maximum Gasteiger partial charge on any atom is 0.122 e. The number of ether oxygens (including phenoxy) is 1. The molecule has 0 fully saturated rings. The second-order valence-corrected chi connectivity index (χ2v) is 5.33. The average molecular weight is 246 g/mol. The van der Waals surface area contributed by atoms with Crippen LogP contribution in [0.1, 0.15) is 39.7 Å². The Balaban J connectivity index is 2.66. The van der Waals surface area contributed by atoms with Crippen LogP contribution in [0.2, 0.25) is 0 Å². The molecule has 0 spiro atoms. The first-order chi connectivity index (χ1) is 8.63. The van der Waals surface area contributed by atoms with E-state index in [0.717, 1.165) is 25.2 Å². The largest absolute Gasteiger partial charge is 0.493 e. The van der Waals surface area contributed by atoms with Crippen molar-refractivity contribution in [1.82, 2.24) is 0 Å². The molecule has 0 aliphatic heterocycles. The summed E-state index contributed by atoms with van der Waals surface area (Å²) in [5.74, 6) is 2.17. The fourth-order valence-electron chi connectivity index (χ4n) is 1.85. The smallest absolute Gasteiger partial charge is 0.122 e. The zero-order valence-electron chi connectivity index (χ0n) is 12.1. The van der Waals surface area contributed by atoms with Gasteiger partial charge in [0.15, 0.2) is 0 Å². The summed E-state index contributed by atoms with van der Waals surface area (Å²) < 4.78 is 5.88. The van der Waals surface area contributed by atoms with Gasteiger partial charge in [-0.1, -0.05) is 58.0 Å². The van der Waals surface area contributed by atoms with E-state index in [1.165, 1.54) is 5.56 Å². The monoisotopic (exact) mass is 246 g/mol. The van der Waals surface area contributed by atoms with Crippen LogP contribution in [0.4, 0.5) is 0 Å². The normalized spacial score (nSPS) is 13.2. The maximum atomic E-state index is 5.88. The van der Waals surface area contributed by atoms with E-state index in [-0.39, 0.29) is 0 Å². The van der Waals surface area contributed by atoms with Gasteiger partial charge in [-0.2, -0.15) is 0 Å². The molecule has 0 aliphatic rings. The Labute approximate surface area is 112 Å². The first kappa shape index (κ1) is 14.8. The van der Waals surface area contributed by atoms with Crippen molar-refractivity contribution in [3.8, 4) is 5.75 Å². The van der Waals surface area contributed by atoms with Crippen LogP contribution in [0.25, 0.3) is 0 Å². The zero-order chi connectivity index (χ0) is 13.4. The van der Waals surface area contributed by atoms with Crippen LogP contribution >= 0.6 is 0 Å². The third-order valence-electron chi connectivity index (χ3n) is 2.79. The molecule has 0 radical (unpaired) electrons. The van der Waals surface area contributed by atoms with Gasteiger partial charge in [0, 0.05) is 0 Å². The summed E-state index contributed by atoms with van der Waals surface area (Å²) in [6.45, 7) is 9.56. The molecule has 0 aliphatic carbocycles. The minimum atomic E-state index is 0.564. The average Bonchev–Trinajstić information content (AvgIpc) is 2.35. The first-order valence-electron chi connectivity index (χ1n) is 7.00. The fraction of sp³-hybridized carbons (Fsp3) is 0.529. The summed E-state index contributed by atoms with van der Waals surface area (Å²) in [5.41, 5.74) is 1.31. The lowest BCUT2D eigenvalue weighted by atomic mass is 9.99. The number of benzene rings is 1. The van der Waals surface area contributed by atoms with Crippen LogP contribution in [0, 0.1) is 11.8 Å². The minimum Gasteiger partial charge on any atom is -0.493 e. The van der Waals surface area contributed by atoms with Crippen molar-refractivity contribution in [2.45, 2.75) is 40.5 Å². The molecule has 1 aromatic carbocycles. The van der Waals surface area contributed by atoms with Gasteiger partial charge in [-0.15, -0.1) is 0 Å². The van der Waals surface area contributed by atoms with Crippen molar-refractivity contribution in [1.29, 1.82) is 0 Å². The van der Waals surface area contributed by atoms with E-state index in [1.54, 1.807) is 0 Å². The number of rotatable bonds is 7. The molecule has 1 rings (SSSR count). The van der Waals surface area contributed by atoms with Crippen molar-refractivity contribution in [2.24, 2.45) is 11.8 Å². The zero-order valence-corrected chi connectivity index (χ0v) is 12.1. The van der Waals surface area contributed by atoms with Crippen LogP contribution < -0.4 is 4.74 Å². The molecule has 0 N–H and O–H groups in total. The first-order valence-corrected chi connectivity index (χ1v) is 7.00. The van der Waals surface area contributed by atoms with Crippen molar-refractivity contribution in [2.75, 3.05) is 6.61 Å².